The Kier molecular flexibility index (Phi) is 5.67. The van der Waals surface area contributed by atoms with Crippen LogP contribution >= 0.6 is 15.9 Å². The lowest BCUT2D eigenvalue weighted by atomic mass is 9.87. The molecule has 0 heterocycles. The molecule has 3 N–H and O–H groups in total. The number of nitrogens with two attached hydrogens (primary N) is 1. The highest BCUT2D eigenvalue weighted by molar-refractivity contribution is 9.10. The molecule has 1 aromatic carbocycles. The van der Waals surface area contributed by atoms with Crippen molar-refractivity contribution in [1.29, 1.82) is 0 Å². The van der Waals surface area contributed by atoms with E-state index in [0.29, 0.717) is 5.92 Å². The maximum absolute atomic E-state index is 5.81. The lowest BCUT2D eigenvalue weighted by Crippen LogP contribution is -2.33. The Bertz CT molecular complexity index is 403. The fraction of sp³-hybridized carbons (Fsp3) is 0.600. The summed E-state index contributed by atoms with van der Waals surface area (Å²) in [5.74, 6) is 7.30. The quantitative estimate of drug-likeness (QED) is 0.500. The molecule has 4 heteroatoms. The van der Waals surface area contributed by atoms with Crippen molar-refractivity contribution in [3.63, 3.8) is 0 Å². The predicted molar refractivity (Wildman–Crippen MR) is 82.0 cm³/mol. The molecule has 0 saturated heterocycles. The van der Waals surface area contributed by atoms with Crippen LogP contribution in [0.15, 0.2) is 22.7 Å². The molecule has 0 amide bonds. The van der Waals surface area contributed by atoms with Crippen molar-refractivity contribution >= 4 is 15.9 Å². The van der Waals surface area contributed by atoms with Crippen molar-refractivity contribution in [2.24, 2.45) is 11.8 Å². The Labute approximate surface area is 124 Å². The number of ether oxygens (including phenoxy) is 1. The van der Waals surface area contributed by atoms with Gasteiger partial charge in [-0.15, -0.1) is 0 Å². The van der Waals surface area contributed by atoms with Gasteiger partial charge in [-0.2, -0.15) is 0 Å². The zero-order valence-corrected chi connectivity index (χ0v) is 13.1. The average Bonchev–Trinajstić information content (AvgIpc) is 2.69. The summed E-state index contributed by atoms with van der Waals surface area (Å²) in [6.07, 6.45) is 7.89. The number of halogens is 1. The van der Waals surface area contributed by atoms with E-state index in [-0.39, 0.29) is 6.04 Å². The van der Waals surface area contributed by atoms with E-state index in [1.807, 2.05) is 6.07 Å². The first-order valence-corrected chi connectivity index (χ1v) is 7.85. The molecular formula is C15H23BrN2O. The smallest absolute Gasteiger partial charge is 0.133 e. The molecule has 3 nitrogen and oxygen atoms in total. The summed E-state index contributed by atoms with van der Waals surface area (Å²) in [6, 6.07) is 6.47. The summed E-state index contributed by atoms with van der Waals surface area (Å²) >= 11 is 3.55. The maximum Gasteiger partial charge on any atom is 0.133 e. The molecular weight excluding hydrogens is 304 g/mol. The summed E-state index contributed by atoms with van der Waals surface area (Å²) in [5.41, 5.74) is 4.26. The van der Waals surface area contributed by atoms with Gasteiger partial charge in [-0.25, -0.2) is 0 Å². The molecule has 1 saturated carbocycles. The van der Waals surface area contributed by atoms with Gasteiger partial charge in [0.15, 0.2) is 0 Å². The monoisotopic (exact) mass is 326 g/mol. The Morgan fingerprint density at radius 1 is 1.26 bits per heavy atom. The van der Waals surface area contributed by atoms with Crippen LogP contribution in [0.3, 0.4) is 0 Å². The summed E-state index contributed by atoms with van der Waals surface area (Å²) in [4.78, 5) is 0. The summed E-state index contributed by atoms with van der Waals surface area (Å²) in [7, 11) is 1.68. The van der Waals surface area contributed by atoms with Crippen molar-refractivity contribution in [2.45, 2.75) is 44.6 Å². The van der Waals surface area contributed by atoms with E-state index in [2.05, 4.69) is 33.5 Å². The molecule has 1 fully saturated rings. The van der Waals surface area contributed by atoms with E-state index in [4.69, 9.17) is 10.6 Å². The summed E-state index contributed by atoms with van der Waals surface area (Å²) in [6.45, 7) is 0. The average molecular weight is 327 g/mol. The lowest BCUT2D eigenvalue weighted by molar-refractivity contribution is 0.328. The van der Waals surface area contributed by atoms with Crippen LogP contribution in [0, 0.1) is 5.92 Å². The van der Waals surface area contributed by atoms with Gasteiger partial charge >= 0.3 is 0 Å². The first kappa shape index (κ1) is 14.8. The largest absolute Gasteiger partial charge is 0.496 e. The molecule has 19 heavy (non-hydrogen) atoms. The third-order valence-electron chi connectivity index (χ3n) is 4.09. The second-order valence-corrected chi connectivity index (χ2v) is 6.14. The zero-order chi connectivity index (χ0) is 13.7. The number of hydrogen-bond acceptors (Lipinski definition) is 3. The number of hydrogen-bond donors (Lipinski definition) is 2. The van der Waals surface area contributed by atoms with Crippen molar-refractivity contribution in [1.82, 2.24) is 5.43 Å². The molecule has 1 aromatic rings. The van der Waals surface area contributed by atoms with Crippen LogP contribution in [0.25, 0.3) is 0 Å². The summed E-state index contributed by atoms with van der Waals surface area (Å²) < 4.78 is 6.27. The van der Waals surface area contributed by atoms with Crippen LogP contribution in [0.1, 0.15) is 50.1 Å². The first-order valence-electron chi connectivity index (χ1n) is 7.06. The van der Waals surface area contributed by atoms with Gasteiger partial charge in [0, 0.05) is 6.04 Å². The minimum Gasteiger partial charge on any atom is -0.496 e. The van der Waals surface area contributed by atoms with Gasteiger partial charge in [0.05, 0.1) is 11.6 Å². The Hall–Kier alpha value is -0.580. The molecule has 2 rings (SSSR count). The topological polar surface area (TPSA) is 47.3 Å². The number of benzene rings is 1. The van der Waals surface area contributed by atoms with Crippen LogP contribution in [-0.4, -0.2) is 7.11 Å². The van der Waals surface area contributed by atoms with Gasteiger partial charge in [-0.3, -0.25) is 11.3 Å². The normalized spacial score (nSPS) is 18.9. The lowest BCUT2D eigenvalue weighted by Gasteiger charge is -2.26. The molecule has 106 valence electrons. The van der Waals surface area contributed by atoms with Gasteiger partial charge in [0.25, 0.3) is 0 Å². The van der Waals surface area contributed by atoms with Crippen LogP contribution in [0.4, 0.5) is 0 Å². The van der Waals surface area contributed by atoms with Crippen LogP contribution in [0.2, 0.25) is 0 Å². The number of rotatable bonds is 4. The Balaban J connectivity index is 2.18. The van der Waals surface area contributed by atoms with Crippen molar-refractivity contribution in [2.75, 3.05) is 7.11 Å². The first-order chi connectivity index (χ1) is 9.26. The van der Waals surface area contributed by atoms with E-state index >= 15 is 0 Å². The molecule has 1 atom stereocenters. The van der Waals surface area contributed by atoms with Gasteiger partial charge in [-0.05, 0) is 52.4 Å². The van der Waals surface area contributed by atoms with Gasteiger partial charge in [0.1, 0.15) is 5.75 Å². The van der Waals surface area contributed by atoms with Crippen LogP contribution in [-0.2, 0) is 0 Å². The number of nitrogens with one attached hydrogen (secondary N) is 1. The Morgan fingerprint density at radius 3 is 2.47 bits per heavy atom. The highest BCUT2D eigenvalue weighted by atomic mass is 79.9. The standard InChI is InChI=1S/C15H23BrN2O/c1-19-14-9-8-12(10-13(14)16)15(18-17)11-6-4-2-3-5-7-11/h8-11,15,18H,2-7,17H2,1H3. The number of hydrazine groups is 1. The van der Waals surface area contributed by atoms with Gasteiger partial charge in [-0.1, -0.05) is 31.7 Å². The zero-order valence-electron chi connectivity index (χ0n) is 11.5. The molecule has 0 aliphatic heterocycles. The number of methoxy groups -OCH3 is 1. The highest BCUT2D eigenvalue weighted by Crippen LogP contribution is 2.35. The molecule has 1 unspecified atom stereocenters. The van der Waals surface area contributed by atoms with E-state index in [9.17, 15) is 0 Å². The fourth-order valence-corrected chi connectivity index (χ4v) is 3.58. The third kappa shape index (κ3) is 3.71. The minimum atomic E-state index is 0.236. The van der Waals surface area contributed by atoms with Crippen LogP contribution < -0.4 is 16.0 Å². The Morgan fingerprint density at radius 2 is 1.95 bits per heavy atom. The SMILES string of the molecule is COc1ccc(C(NN)C2CCCCCC2)cc1Br. The fourth-order valence-electron chi connectivity index (χ4n) is 3.02. The van der Waals surface area contributed by atoms with E-state index in [1.165, 1.54) is 44.1 Å². The molecule has 0 bridgehead atoms. The van der Waals surface area contributed by atoms with E-state index < -0.39 is 0 Å². The van der Waals surface area contributed by atoms with Crippen molar-refractivity contribution < 1.29 is 4.74 Å². The molecule has 1 aliphatic carbocycles. The van der Waals surface area contributed by atoms with Crippen molar-refractivity contribution in [3.8, 4) is 5.75 Å². The minimum absolute atomic E-state index is 0.236. The second-order valence-electron chi connectivity index (χ2n) is 5.29. The van der Waals surface area contributed by atoms with E-state index in [1.54, 1.807) is 7.11 Å². The van der Waals surface area contributed by atoms with Gasteiger partial charge < -0.3 is 4.74 Å². The second kappa shape index (κ2) is 7.27. The molecule has 0 radical (unpaired) electrons. The molecule has 0 spiro atoms. The van der Waals surface area contributed by atoms with Gasteiger partial charge in [0.2, 0.25) is 0 Å². The summed E-state index contributed by atoms with van der Waals surface area (Å²) in [5, 5.41) is 0. The third-order valence-corrected chi connectivity index (χ3v) is 4.71. The molecule has 1 aliphatic rings. The van der Waals surface area contributed by atoms with Crippen LogP contribution in [0.5, 0.6) is 5.75 Å². The molecule has 0 aromatic heterocycles. The van der Waals surface area contributed by atoms with Crippen molar-refractivity contribution in [3.05, 3.63) is 28.2 Å². The van der Waals surface area contributed by atoms with E-state index in [0.717, 1.165) is 10.2 Å². The highest BCUT2D eigenvalue weighted by Gasteiger charge is 2.23. The maximum atomic E-state index is 5.81. The predicted octanol–water partition coefficient (Wildman–Crippen LogP) is 3.93.